The molecule has 160 valence electrons. The molecule has 8 heteroatoms. The van der Waals surface area contributed by atoms with Gasteiger partial charge in [0.1, 0.15) is 29.1 Å². The van der Waals surface area contributed by atoms with Crippen LogP contribution in [0.2, 0.25) is 5.02 Å². The molecule has 1 fully saturated rings. The minimum atomic E-state index is -0.816. The Labute approximate surface area is 180 Å². The zero-order chi connectivity index (χ0) is 22.0. The van der Waals surface area contributed by atoms with E-state index in [0.717, 1.165) is 0 Å². The van der Waals surface area contributed by atoms with Gasteiger partial charge in [0.2, 0.25) is 0 Å². The van der Waals surface area contributed by atoms with Crippen LogP contribution in [0.25, 0.3) is 5.76 Å². The van der Waals surface area contributed by atoms with Crippen LogP contribution in [0.3, 0.4) is 0 Å². The number of furan rings is 1. The Morgan fingerprint density at radius 3 is 2.57 bits per heavy atom. The molecule has 0 saturated carbocycles. The number of aryl methyl sites for hydroxylation is 1. The van der Waals surface area contributed by atoms with Crippen molar-refractivity contribution in [2.75, 3.05) is 33.8 Å². The lowest BCUT2D eigenvalue weighted by molar-refractivity contribution is -0.140. The summed E-state index contributed by atoms with van der Waals surface area (Å²) in [7, 11) is 3.76. The summed E-state index contributed by atoms with van der Waals surface area (Å²) in [5.74, 6) is -0.189. The number of Topliss-reactive ketones (excluding diaryl/α,β-unsaturated/α-hetero) is 1. The molecule has 0 spiro atoms. The number of hydrogen-bond donors (Lipinski definition) is 1. The molecule has 1 aromatic heterocycles. The summed E-state index contributed by atoms with van der Waals surface area (Å²) >= 11 is 6.25. The van der Waals surface area contributed by atoms with Crippen molar-refractivity contribution >= 4 is 29.1 Å². The van der Waals surface area contributed by atoms with Crippen molar-refractivity contribution in [3.8, 4) is 5.75 Å². The Kier molecular flexibility index (Phi) is 6.53. The molecule has 1 saturated heterocycles. The highest BCUT2D eigenvalue weighted by Gasteiger charge is 2.47. The van der Waals surface area contributed by atoms with Gasteiger partial charge in [0, 0.05) is 18.7 Å². The lowest BCUT2D eigenvalue weighted by Gasteiger charge is -2.24. The first kappa shape index (κ1) is 21.9. The molecule has 0 radical (unpaired) electrons. The molecule has 1 N–H and O–H groups in total. The van der Waals surface area contributed by atoms with Crippen molar-refractivity contribution < 1.29 is 23.8 Å². The van der Waals surface area contributed by atoms with Crippen LogP contribution < -0.4 is 4.74 Å². The SMILES string of the molecule is CCOc1ccc(C(O)=C2C(=O)C(=O)N(CCN(C)C)[C@H]2c2ccc(C)o2)cc1Cl. The zero-order valence-corrected chi connectivity index (χ0v) is 18.2. The maximum atomic E-state index is 12.9. The topological polar surface area (TPSA) is 83.2 Å². The summed E-state index contributed by atoms with van der Waals surface area (Å²) in [6.07, 6.45) is 0. The number of ketones is 1. The summed E-state index contributed by atoms with van der Waals surface area (Å²) in [4.78, 5) is 29.0. The molecule has 30 heavy (non-hydrogen) atoms. The van der Waals surface area contributed by atoms with Crippen LogP contribution in [0.15, 0.2) is 40.3 Å². The van der Waals surface area contributed by atoms with Crippen LogP contribution in [0.1, 0.15) is 30.0 Å². The van der Waals surface area contributed by atoms with E-state index in [1.165, 1.54) is 11.0 Å². The molecule has 0 aliphatic carbocycles. The summed E-state index contributed by atoms with van der Waals surface area (Å²) in [5.41, 5.74) is 0.302. The van der Waals surface area contributed by atoms with Gasteiger partial charge in [0.15, 0.2) is 0 Å². The van der Waals surface area contributed by atoms with Gasteiger partial charge in [-0.25, -0.2) is 0 Å². The predicted molar refractivity (Wildman–Crippen MR) is 114 cm³/mol. The third-order valence-electron chi connectivity index (χ3n) is 4.86. The third kappa shape index (κ3) is 4.22. The largest absolute Gasteiger partial charge is 0.507 e. The molecule has 0 unspecified atom stereocenters. The number of likely N-dealkylation sites (tertiary alicyclic amines) is 1. The van der Waals surface area contributed by atoms with Crippen molar-refractivity contribution in [2.45, 2.75) is 19.9 Å². The predicted octanol–water partition coefficient (Wildman–Crippen LogP) is 3.62. The fraction of sp³-hybridized carbons (Fsp3) is 0.364. The van der Waals surface area contributed by atoms with Crippen LogP contribution in [0.4, 0.5) is 0 Å². The quantitative estimate of drug-likeness (QED) is 0.408. The second-order valence-electron chi connectivity index (χ2n) is 7.32. The van der Waals surface area contributed by atoms with Crippen LogP contribution in [0, 0.1) is 6.92 Å². The molecule has 1 amide bonds. The molecule has 0 bridgehead atoms. The number of nitrogens with zero attached hydrogens (tertiary/aromatic N) is 2. The van der Waals surface area contributed by atoms with E-state index in [2.05, 4.69) is 0 Å². The van der Waals surface area contributed by atoms with Gasteiger partial charge in [-0.2, -0.15) is 0 Å². The van der Waals surface area contributed by atoms with E-state index >= 15 is 0 Å². The van der Waals surface area contributed by atoms with Crippen molar-refractivity contribution in [3.05, 3.63) is 58.0 Å². The normalized spacial score (nSPS) is 18.5. The Hall–Kier alpha value is -2.77. The zero-order valence-electron chi connectivity index (χ0n) is 17.4. The Morgan fingerprint density at radius 1 is 1.27 bits per heavy atom. The van der Waals surface area contributed by atoms with Crippen LogP contribution in [-0.2, 0) is 9.59 Å². The number of benzene rings is 1. The second kappa shape index (κ2) is 8.93. The number of aliphatic hydroxyl groups excluding tert-OH is 1. The minimum absolute atomic E-state index is 0.0201. The van der Waals surface area contributed by atoms with E-state index < -0.39 is 17.7 Å². The monoisotopic (exact) mass is 432 g/mol. The molecule has 1 aliphatic rings. The van der Waals surface area contributed by atoms with E-state index in [4.69, 9.17) is 20.8 Å². The number of halogens is 1. The van der Waals surface area contributed by atoms with E-state index in [1.807, 2.05) is 25.9 Å². The van der Waals surface area contributed by atoms with Crippen LogP contribution in [0.5, 0.6) is 5.75 Å². The van der Waals surface area contributed by atoms with E-state index in [1.54, 1.807) is 31.2 Å². The van der Waals surface area contributed by atoms with Gasteiger partial charge < -0.3 is 24.1 Å². The van der Waals surface area contributed by atoms with Crippen molar-refractivity contribution in [1.29, 1.82) is 0 Å². The number of ether oxygens (including phenoxy) is 1. The summed E-state index contributed by atoms with van der Waals surface area (Å²) < 4.78 is 11.2. The Balaban J connectivity index is 2.10. The fourth-order valence-electron chi connectivity index (χ4n) is 3.39. The first-order valence-corrected chi connectivity index (χ1v) is 10.0. The maximum Gasteiger partial charge on any atom is 0.295 e. The van der Waals surface area contributed by atoms with Gasteiger partial charge in [0.25, 0.3) is 11.7 Å². The van der Waals surface area contributed by atoms with Gasteiger partial charge in [-0.1, -0.05) is 11.6 Å². The summed E-state index contributed by atoms with van der Waals surface area (Å²) in [5, 5.41) is 11.3. The molecule has 2 heterocycles. The third-order valence-corrected chi connectivity index (χ3v) is 5.16. The first-order valence-electron chi connectivity index (χ1n) is 9.66. The van der Waals surface area contributed by atoms with Gasteiger partial charge in [0.05, 0.1) is 17.2 Å². The molecular weight excluding hydrogens is 408 g/mol. The molecule has 1 aromatic carbocycles. The number of hydrogen-bond acceptors (Lipinski definition) is 6. The van der Waals surface area contributed by atoms with Crippen molar-refractivity contribution in [2.24, 2.45) is 0 Å². The number of likely N-dealkylation sites (N-methyl/N-ethyl adjacent to an activating group) is 1. The molecule has 1 atom stereocenters. The average Bonchev–Trinajstić information content (AvgIpc) is 3.23. The number of rotatable bonds is 7. The molecule has 3 rings (SSSR count). The standard InChI is InChI=1S/C22H25ClN2O5/c1-5-29-16-9-7-14(12-15(16)23)20(26)18-19(17-8-6-13(2)30-17)25(11-10-24(3)4)22(28)21(18)27/h6-9,12,19,26H,5,10-11H2,1-4H3/t19-/m0/s1. The average molecular weight is 433 g/mol. The smallest absolute Gasteiger partial charge is 0.295 e. The van der Waals surface area contributed by atoms with E-state index in [0.29, 0.717) is 47.6 Å². The molecule has 2 aromatic rings. The summed E-state index contributed by atoms with van der Waals surface area (Å²) in [6, 6.07) is 7.39. The Morgan fingerprint density at radius 2 is 2.00 bits per heavy atom. The number of amides is 1. The second-order valence-corrected chi connectivity index (χ2v) is 7.73. The first-order chi connectivity index (χ1) is 14.2. The van der Waals surface area contributed by atoms with Gasteiger partial charge in [-0.15, -0.1) is 0 Å². The Bertz CT molecular complexity index is 995. The fourth-order valence-corrected chi connectivity index (χ4v) is 3.63. The van der Waals surface area contributed by atoms with Crippen LogP contribution in [-0.4, -0.2) is 60.4 Å². The minimum Gasteiger partial charge on any atom is -0.507 e. The van der Waals surface area contributed by atoms with Gasteiger partial charge in [-0.05, 0) is 58.3 Å². The highest BCUT2D eigenvalue weighted by atomic mass is 35.5. The summed E-state index contributed by atoms with van der Waals surface area (Å²) in [6.45, 7) is 4.92. The van der Waals surface area contributed by atoms with Gasteiger partial charge >= 0.3 is 0 Å². The van der Waals surface area contributed by atoms with Crippen LogP contribution >= 0.6 is 11.6 Å². The highest BCUT2D eigenvalue weighted by Crippen LogP contribution is 2.40. The number of carbonyl (C=O) groups excluding carboxylic acids is 2. The van der Waals surface area contributed by atoms with E-state index in [-0.39, 0.29) is 11.3 Å². The molecule has 7 nitrogen and oxygen atoms in total. The molecular formula is C22H25ClN2O5. The molecule has 1 aliphatic heterocycles. The van der Waals surface area contributed by atoms with Gasteiger partial charge in [-0.3, -0.25) is 9.59 Å². The highest BCUT2D eigenvalue weighted by molar-refractivity contribution is 6.46. The lowest BCUT2D eigenvalue weighted by atomic mass is 9.99. The van der Waals surface area contributed by atoms with E-state index in [9.17, 15) is 14.7 Å². The number of aliphatic hydroxyl groups is 1. The maximum absolute atomic E-state index is 12.9. The van der Waals surface area contributed by atoms with Crippen molar-refractivity contribution in [3.63, 3.8) is 0 Å². The lowest BCUT2D eigenvalue weighted by Crippen LogP contribution is -2.35. The van der Waals surface area contributed by atoms with Crippen molar-refractivity contribution in [1.82, 2.24) is 9.80 Å². The number of carbonyl (C=O) groups is 2.